The Morgan fingerprint density at radius 3 is 2.56 bits per heavy atom. The van der Waals surface area contributed by atoms with Crippen LogP contribution in [0.15, 0.2) is 0 Å². The number of hydrogen-bond donors (Lipinski definition) is 3. The third-order valence-electron chi connectivity index (χ3n) is 2.82. The van der Waals surface area contributed by atoms with Gasteiger partial charge in [-0.2, -0.15) is 0 Å². The Balaban J connectivity index is 4.04. The Hall–Kier alpha value is -0.610. The van der Waals surface area contributed by atoms with Crippen molar-refractivity contribution in [2.45, 2.75) is 40.0 Å². The normalized spacial score (nSPS) is 13.6. The maximum atomic E-state index is 11.8. The molecule has 0 heterocycles. The average molecular weight is 230 g/mol. The molecule has 0 aliphatic rings. The molecule has 0 fully saturated rings. The van der Waals surface area contributed by atoms with Gasteiger partial charge in [0.05, 0.1) is 5.92 Å². The van der Waals surface area contributed by atoms with Crippen LogP contribution in [0.2, 0.25) is 0 Å². The first-order chi connectivity index (χ1) is 7.46. The van der Waals surface area contributed by atoms with Gasteiger partial charge in [-0.3, -0.25) is 4.79 Å². The minimum atomic E-state index is -0.0741. The first-order valence-corrected chi connectivity index (χ1v) is 6.05. The molecule has 4 N–H and O–H groups in total. The summed E-state index contributed by atoms with van der Waals surface area (Å²) in [6, 6.07) is 0. The predicted molar refractivity (Wildman–Crippen MR) is 65.9 cm³/mol. The summed E-state index contributed by atoms with van der Waals surface area (Å²) in [6.45, 7) is 7.25. The van der Waals surface area contributed by atoms with E-state index in [2.05, 4.69) is 5.32 Å². The number of aliphatic hydroxyl groups is 1. The number of hydrogen-bond acceptors (Lipinski definition) is 3. The van der Waals surface area contributed by atoms with Gasteiger partial charge in [-0.25, -0.2) is 0 Å². The van der Waals surface area contributed by atoms with Crippen molar-refractivity contribution in [3.8, 4) is 0 Å². The molecule has 1 unspecified atom stereocenters. The summed E-state index contributed by atoms with van der Waals surface area (Å²) in [5.41, 5.74) is 5.50. The van der Waals surface area contributed by atoms with E-state index in [4.69, 9.17) is 10.8 Å². The Labute approximate surface area is 98.6 Å². The van der Waals surface area contributed by atoms with Crippen LogP contribution in [0.3, 0.4) is 0 Å². The summed E-state index contributed by atoms with van der Waals surface area (Å²) in [5, 5.41) is 11.8. The number of carbonyl (C=O) groups excluding carboxylic acids is 1. The monoisotopic (exact) mass is 230 g/mol. The summed E-state index contributed by atoms with van der Waals surface area (Å²) in [6.07, 6.45) is 2.49. The maximum absolute atomic E-state index is 11.8. The fourth-order valence-electron chi connectivity index (χ4n) is 1.57. The minimum Gasteiger partial charge on any atom is -0.396 e. The summed E-state index contributed by atoms with van der Waals surface area (Å²) < 4.78 is 0. The first-order valence-electron chi connectivity index (χ1n) is 6.05. The van der Waals surface area contributed by atoms with Gasteiger partial charge in [0.15, 0.2) is 0 Å². The zero-order chi connectivity index (χ0) is 12.6. The molecule has 0 saturated heterocycles. The van der Waals surface area contributed by atoms with E-state index in [9.17, 15) is 4.79 Å². The fraction of sp³-hybridized carbons (Fsp3) is 0.917. The van der Waals surface area contributed by atoms with Gasteiger partial charge in [0, 0.05) is 19.7 Å². The van der Waals surface area contributed by atoms with Gasteiger partial charge >= 0.3 is 0 Å². The lowest BCUT2D eigenvalue weighted by Crippen LogP contribution is -2.40. The summed E-state index contributed by atoms with van der Waals surface area (Å²) in [4.78, 5) is 11.8. The highest BCUT2D eigenvalue weighted by Gasteiger charge is 2.21. The van der Waals surface area contributed by atoms with Gasteiger partial charge in [0.2, 0.25) is 5.91 Å². The Bertz CT molecular complexity index is 205. The Morgan fingerprint density at radius 1 is 1.50 bits per heavy atom. The van der Waals surface area contributed by atoms with Crippen LogP contribution in [0.25, 0.3) is 0 Å². The van der Waals surface area contributed by atoms with E-state index in [1.807, 2.05) is 20.8 Å². The number of rotatable bonds is 8. The average Bonchev–Trinajstić information content (AvgIpc) is 2.22. The predicted octanol–water partition coefficient (Wildman–Crippen LogP) is 0.886. The molecule has 96 valence electrons. The van der Waals surface area contributed by atoms with Crippen LogP contribution in [0.4, 0.5) is 0 Å². The van der Waals surface area contributed by atoms with Crippen LogP contribution in [-0.2, 0) is 4.79 Å². The molecule has 0 saturated carbocycles. The van der Waals surface area contributed by atoms with Crippen molar-refractivity contribution >= 4 is 5.91 Å². The number of amides is 1. The van der Waals surface area contributed by atoms with Crippen LogP contribution >= 0.6 is 0 Å². The highest BCUT2D eigenvalue weighted by atomic mass is 16.3. The van der Waals surface area contributed by atoms with Crippen LogP contribution in [0.5, 0.6) is 0 Å². The molecule has 1 amide bonds. The molecular formula is C12H26N2O2. The molecule has 4 nitrogen and oxygen atoms in total. The number of carbonyl (C=O) groups is 1. The molecule has 0 bridgehead atoms. The molecule has 1 atom stereocenters. The van der Waals surface area contributed by atoms with Crippen molar-refractivity contribution in [2.24, 2.45) is 17.1 Å². The Kier molecular flexibility index (Phi) is 7.34. The zero-order valence-corrected chi connectivity index (χ0v) is 10.8. The second-order valence-corrected chi connectivity index (χ2v) is 5.08. The number of nitrogens with one attached hydrogen (secondary N) is 1. The molecule has 0 aliphatic carbocycles. The van der Waals surface area contributed by atoms with Crippen LogP contribution in [-0.4, -0.2) is 30.7 Å². The van der Waals surface area contributed by atoms with Gasteiger partial charge in [0.1, 0.15) is 0 Å². The van der Waals surface area contributed by atoms with E-state index in [0.29, 0.717) is 19.5 Å². The van der Waals surface area contributed by atoms with Crippen LogP contribution < -0.4 is 11.1 Å². The van der Waals surface area contributed by atoms with Crippen molar-refractivity contribution < 1.29 is 9.90 Å². The number of aliphatic hydroxyl groups excluding tert-OH is 1. The first kappa shape index (κ1) is 15.4. The van der Waals surface area contributed by atoms with E-state index < -0.39 is 0 Å². The molecule has 0 radical (unpaired) electrons. The molecule has 0 aromatic heterocycles. The fourth-order valence-corrected chi connectivity index (χ4v) is 1.57. The van der Waals surface area contributed by atoms with E-state index in [1.165, 1.54) is 0 Å². The van der Waals surface area contributed by atoms with Crippen LogP contribution in [0, 0.1) is 11.3 Å². The third-order valence-corrected chi connectivity index (χ3v) is 2.82. The van der Waals surface area contributed by atoms with Gasteiger partial charge < -0.3 is 16.2 Å². The van der Waals surface area contributed by atoms with Crippen molar-refractivity contribution in [1.82, 2.24) is 5.32 Å². The number of nitrogens with two attached hydrogens (primary N) is 1. The molecule has 0 rings (SSSR count). The molecule has 16 heavy (non-hydrogen) atoms. The maximum Gasteiger partial charge on any atom is 0.224 e. The largest absolute Gasteiger partial charge is 0.396 e. The van der Waals surface area contributed by atoms with Gasteiger partial charge in [-0.1, -0.05) is 27.2 Å². The minimum absolute atomic E-state index is 0.0374. The third kappa shape index (κ3) is 6.08. The van der Waals surface area contributed by atoms with Gasteiger partial charge in [-0.05, 0) is 18.3 Å². The molecule has 0 aromatic rings. The molecular weight excluding hydrogens is 204 g/mol. The molecule has 0 aliphatic heterocycles. The second-order valence-electron chi connectivity index (χ2n) is 5.08. The van der Waals surface area contributed by atoms with Crippen molar-refractivity contribution in [2.75, 3.05) is 19.7 Å². The van der Waals surface area contributed by atoms with E-state index in [1.54, 1.807) is 0 Å². The van der Waals surface area contributed by atoms with Gasteiger partial charge in [-0.15, -0.1) is 0 Å². The smallest absolute Gasteiger partial charge is 0.224 e. The van der Waals surface area contributed by atoms with Crippen LogP contribution in [0.1, 0.15) is 40.0 Å². The quantitative estimate of drug-likeness (QED) is 0.579. The topological polar surface area (TPSA) is 75.4 Å². The van der Waals surface area contributed by atoms with E-state index in [-0.39, 0.29) is 23.8 Å². The SMILES string of the molecule is CCCC(CN)C(=O)NCC(C)(C)CCO. The molecule has 0 spiro atoms. The standard InChI is InChI=1S/C12H26N2O2/c1-4-5-10(8-13)11(16)14-9-12(2,3)6-7-15/h10,15H,4-9,13H2,1-3H3,(H,14,16). The van der Waals surface area contributed by atoms with Crippen molar-refractivity contribution in [1.29, 1.82) is 0 Å². The summed E-state index contributed by atoms with van der Waals surface area (Å²) in [7, 11) is 0. The zero-order valence-electron chi connectivity index (χ0n) is 10.8. The Morgan fingerprint density at radius 2 is 2.12 bits per heavy atom. The van der Waals surface area contributed by atoms with Gasteiger partial charge in [0.25, 0.3) is 0 Å². The lowest BCUT2D eigenvalue weighted by atomic mass is 9.89. The van der Waals surface area contributed by atoms with E-state index >= 15 is 0 Å². The highest BCUT2D eigenvalue weighted by molar-refractivity contribution is 5.78. The highest BCUT2D eigenvalue weighted by Crippen LogP contribution is 2.18. The molecule has 0 aromatic carbocycles. The van der Waals surface area contributed by atoms with E-state index in [0.717, 1.165) is 12.8 Å². The molecule has 4 heteroatoms. The summed E-state index contributed by atoms with van der Waals surface area (Å²) >= 11 is 0. The lowest BCUT2D eigenvalue weighted by molar-refractivity contribution is -0.125. The van der Waals surface area contributed by atoms with Crippen molar-refractivity contribution in [3.63, 3.8) is 0 Å². The lowest BCUT2D eigenvalue weighted by Gasteiger charge is -2.25. The summed E-state index contributed by atoms with van der Waals surface area (Å²) in [5.74, 6) is -0.0368. The second kappa shape index (κ2) is 7.63. The van der Waals surface area contributed by atoms with Crippen molar-refractivity contribution in [3.05, 3.63) is 0 Å².